The predicted molar refractivity (Wildman–Crippen MR) is 92.0 cm³/mol. The van der Waals surface area contributed by atoms with E-state index in [2.05, 4.69) is 15.2 Å². The number of hydrogen-bond acceptors (Lipinski definition) is 5. The quantitative estimate of drug-likeness (QED) is 0.734. The Balaban J connectivity index is 1.76. The Kier molecular flexibility index (Phi) is 3.17. The Morgan fingerprint density at radius 1 is 1.08 bits per heavy atom. The zero-order valence-electron chi connectivity index (χ0n) is 14.5. The number of rotatable bonds is 2. The maximum atomic E-state index is 6.14. The molecule has 1 aliphatic rings. The van der Waals surface area contributed by atoms with E-state index < -0.39 is 7.12 Å². The summed E-state index contributed by atoms with van der Waals surface area (Å²) >= 11 is 0. The normalized spacial score (nSPS) is 19.3. The Morgan fingerprint density at radius 3 is 2.42 bits per heavy atom. The van der Waals surface area contributed by atoms with Crippen molar-refractivity contribution in [3.63, 3.8) is 0 Å². The third kappa shape index (κ3) is 2.27. The molecule has 0 aliphatic carbocycles. The Bertz CT molecular complexity index is 897. The van der Waals surface area contributed by atoms with Crippen molar-refractivity contribution in [3.05, 3.63) is 30.3 Å². The average Bonchev–Trinajstić information content (AvgIpc) is 3.15. The van der Waals surface area contributed by atoms with Gasteiger partial charge in [-0.25, -0.2) is 4.98 Å². The molecule has 3 aromatic rings. The summed E-state index contributed by atoms with van der Waals surface area (Å²) in [5.41, 5.74) is 1.89. The number of fused-ring (bicyclic) bond motifs is 1. The second-order valence-electron chi connectivity index (χ2n) is 7.21. The largest absolute Gasteiger partial charge is 0.494 e. The summed E-state index contributed by atoms with van der Waals surface area (Å²) in [5.74, 6) is 1.26. The van der Waals surface area contributed by atoms with Gasteiger partial charge in [-0.1, -0.05) is 12.1 Å². The van der Waals surface area contributed by atoms with E-state index in [0.717, 1.165) is 22.1 Å². The van der Waals surface area contributed by atoms with Crippen molar-refractivity contribution in [2.75, 3.05) is 0 Å². The summed E-state index contributed by atoms with van der Waals surface area (Å²) in [6.45, 7) is 10.0. The smallest absolute Gasteiger partial charge is 0.439 e. The van der Waals surface area contributed by atoms with Gasteiger partial charge in [0.25, 0.3) is 0 Å². The van der Waals surface area contributed by atoms with E-state index in [-0.39, 0.29) is 11.2 Å². The highest BCUT2D eigenvalue weighted by atomic mass is 16.7. The van der Waals surface area contributed by atoms with Crippen LogP contribution >= 0.6 is 0 Å². The number of oxazole rings is 1. The number of hydrogen-bond donors (Lipinski definition) is 1. The topological polar surface area (TPSA) is 73.2 Å². The molecule has 1 fully saturated rings. The molecule has 0 atom stereocenters. The van der Waals surface area contributed by atoms with Crippen LogP contribution in [-0.2, 0) is 9.31 Å². The number of benzene rings is 1. The zero-order chi connectivity index (χ0) is 17.1. The molecule has 3 heterocycles. The zero-order valence-corrected chi connectivity index (χ0v) is 14.5. The van der Waals surface area contributed by atoms with Crippen LogP contribution in [0, 0.1) is 6.92 Å². The number of aromatic amines is 1. The molecular weight excluding hydrogens is 305 g/mol. The summed E-state index contributed by atoms with van der Waals surface area (Å²) in [5, 5.41) is 8.35. The third-order valence-corrected chi connectivity index (χ3v) is 4.97. The SMILES string of the molecule is Cc1ncc(-c2n[nH]c3ccc(B4OC(C)(C)C(C)(C)O4)cc23)o1. The van der Waals surface area contributed by atoms with Crippen LogP contribution < -0.4 is 5.46 Å². The average molecular weight is 325 g/mol. The Morgan fingerprint density at radius 2 is 1.79 bits per heavy atom. The molecule has 0 saturated carbocycles. The highest BCUT2D eigenvalue weighted by molar-refractivity contribution is 6.62. The van der Waals surface area contributed by atoms with Crippen molar-refractivity contribution in [1.29, 1.82) is 0 Å². The number of nitrogens with zero attached hydrogens (tertiary/aromatic N) is 2. The predicted octanol–water partition coefficient (Wildman–Crippen LogP) is 2.83. The van der Waals surface area contributed by atoms with Gasteiger partial charge in [0, 0.05) is 12.3 Å². The molecule has 0 unspecified atom stereocenters. The number of aryl methyl sites for hydroxylation is 1. The van der Waals surface area contributed by atoms with Gasteiger partial charge in [-0.15, -0.1) is 0 Å². The highest BCUT2D eigenvalue weighted by Gasteiger charge is 2.51. The van der Waals surface area contributed by atoms with Crippen LogP contribution in [0.25, 0.3) is 22.4 Å². The van der Waals surface area contributed by atoms with Crippen LogP contribution in [0.5, 0.6) is 0 Å². The molecule has 0 bridgehead atoms. The van der Waals surface area contributed by atoms with Crippen LogP contribution in [0.1, 0.15) is 33.6 Å². The van der Waals surface area contributed by atoms with Gasteiger partial charge in [0.2, 0.25) is 0 Å². The molecule has 6 nitrogen and oxygen atoms in total. The van der Waals surface area contributed by atoms with Gasteiger partial charge in [-0.05, 0) is 39.2 Å². The lowest BCUT2D eigenvalue weighted by Crippen LogP contribution is -2.41. The molecule has 2 aromatic heterocycles. The van der Waals surface area contributed by atoms with Crippen molar-refractivity contribution in [2.24, 2.45) is 0 Å². The molecule has 124 valence electrons. The molecule has 1 aliphatic heterocycles. The van der Waals surface area contributed by atoms with Crippen molar-refractivity contribution >= 4 is 23.5 Å². The van der Waals surface area contributed by atoms with Gasteiger partial charge in [0.05, 0.1) is 22.9 Å². The van der Waals surface area contributed by atoms with E-state index in [1.54, 1.807) is 6.20 Å². The fourth-order valence-corrected chi connectivity index (χ4v) is 2.82. The minimum Gasteiger partial charge on any atom is -0.439 e. The minimum atomic E-state index is -0.404. The fraction of sp³-hybridized carbons (Fsp3) is 0.412. The van der Waals surface area contributed by atoms with Crippen LogP contribution in [-0.4, -0.2) is 33.5 Å². The first-order valence-electron chi connectivity index (χ1n) is 8.03. The third-order valence-electron chi connectivity index (χ3n) is 4.97. The fourth-order valence-electron chi connectivity index (χ4n) is 2.82. The first-order valence-corrected chi connectivity index (χ1v) is 8.03. The van der Waals surface area contributed by atoms with Gasteiger partial charge >= 0.3 is 7.12 Å². The summed E-state index contributed by atoms with van der Waals surface area (Å²) in [6, 6.07) is 6.02. The van der Waals surface area contributed by atoms with E-state index in [1.807, 2.05) is 52.8 Å². The van der Waals surface area contributed by atoms with E-state index in [0.29, 0.717) is 11.7 Å². The molecular formula is C17H20BN3O3. The van der Waals surface area contributed by atoms with Crippen LogP contribution in [0.4, 0.5) is 0 Å². The maximum Gasteiger partial charge on any atom is 0.494 e. The molecule has 0 radical (unpaired) electrons. The van der Waals surface area contributed by atoms with Gasteiger partial charge in [0.15, 0.2) is 11.7 Å². The van der Waals surface area contributed by atoms with Crippen molar-refractivity contribution in [3.8, 4) is 11.5 Å². The van der Waals surface area contributed by atoms with Crippen molar-refractivity contribution in [1.82, 2.24) is 15.2 Å². The molecule has 7 heteroatoms. The summed E-state index contributed by atoms with van der Waals surface area (Å²) in [4.78, 5) is 4.15. The summed E-state index contributed by atoms with van der Waals surface area (Å²) in [6.07, 6.45) is 1.69. The number of nitrogens with one attached hydrogen (secondary N) is 1. The molecule has 24 heavy (non-hydrogen) atoms. The Labute approximate surface area is 140 Å². The first kappa shape index (κ1) is 15.4. The molecule has 1 aromatic carbocycles. The second kappa shape index (κ2) is 4.94. The van der Waals surface area contributed by atoms with Crippen molar-refractivity contribution in [2.45, 2.75) is 45.8 Å². The molecule has 0 amide bonds. The lowest BCUT2D eigenvalue weighted by molar-refractivity contribution is 0.00578. The van der Waals surface area contributed by atoms with E-state index in [1.165, 1.54) is 0 Å². The summed E-state index contributed by atoms with van der Waals surface area (Å²) in [7, 11) is -0.404. The maximum absolute atomic E-state index is 6.14. The molecule has 1 saturated heterocycles. The monoisotopic (exact) mass is 325 g/mol. The molecule has 1 N–H and O–H groups in total. The molecule has 0 spiro atoms. The molecule has 4 rings (SSSR count). The van der Waals surface area contributed by atoms with Gasteiger partial charge < -0.3 is 13.7 Å². The van der Waals surface area contributed by atoms with Gasteiger partial charge in [-0.3, -0.25) is 5.10 Å². The highest BCUT2D eigenvalue weighted by Crippen LogP contribution is 2.37. The van der Waals surface area contributed by atoms with Crippen LogP contribution in [0.2, 0.25) is 0 Å². The number of H-pyrrole nitrogens is 1. The first-order chi connectivity index (χ1) is 11.3. The van der Waals surface area contributed by atoms with Crippen molar-refractivity contribution < 1.29 is 13.7 Å². The van der Waals surface area contributed by atoms with Crippen LogP contribution in [0.3, 0.4) is 0 Å². The summed E-state index contributed by atoms with van der Waals surface area (Å²) < 4.78 is 17.9. The van der Waals surface area contributed by atoms with E-state index >= 15 is 0 Å². The van der Waals surface area contributed by atoms with E-state index in [4.69, 9.17) is 13.7 Å². The lowest BCUT2D eigenvalue weighted by Gasteiger charge is -2.32. The lowest BCUT2D eigenvalue weighted by atomic mass is 9.78. The van der Waals surface area contributed by atoms with Crippen LogP contribution in [0.15, 0.2) is 28.8 Å². The van der Waals surface area contributed by atoms with Gasteiger partial charge in [-0.2, -0.15) is 5.10 Å². The van der Waals surface area contributed by atoms with Gasteiger partial charge in [0.1, 0.15) is 5.69 Å². The number of aromatic nitrogens is 3. The minimum absolute atomic E-state index is 0.367. The Hall–Kier alpha value is -2.12. The second-order valence-corrected chi connectivity index (χ2v) is 7.21. The standard InChI is InChI=1S/C17H20BN3O3/c1-10-19-9-14(22-10)15-12-8-11(6-7-13(12)20-21-15)18-23-16(2,3)17(4,5)24-18/h6-9H,1-5H3,(H,20,21). The van der Waals surface area contributed by atoms with E-state index in [9.17, 15) is 0 Å².